The van der Waals surface area contributed by atoms with E-state index in [2.05, 4.69) is 39.8 Å². The smallest absolute Gasteiger partial charge is 0.0933 e. The second kappa shape index (κ2) is 2.27. The molecule has 1 fully saturated rings. The molecular formula is C12H18O. The van der Waals surface area contributed by atoms with Gasteiger partial charge in [0.05, 0.1) is 5.60 Å². The molecule has 0 amide bonds. The van der Waals surface area contributed by atoms with Gasteiger partial charge in [0, 0.05) is 12.3 Å². The second-order valence-corrected chi connectivity index (χ2v) is 5.46. The Morgan fingerprint density at radius 2 is 2.08 bits per heavy atom. The van der Waals surface area contributed by atoms with Gasteiger partial charge in [0.25, 0.3) is 0 Å². The van der Waals surface area contributed by atoms with Gasteiger partial charge in [0.1, 0.15) is 0 Å². The number of hydrogen-bond acceptors (Lipinski definition) is 1. The normalized spacial score (nSPS) is 37.8. The summed E-state index contributed by atoms with van der Waals surface area (Å²) in [6.07, 6.45) is 5.18. The highest BCUT2D eigenvalue weighted by Gasteiger charge is 2.48. The summed E-state index contributed by atoms with van der Waals surface area (Å²) in [4.78, 5) is 0. The van der Waals surface area contributed by atoms with Crippen molar-refractivity contribution in [3.05, 3.63) is 23.3 Å². The van der Waals surface area contributed by atoms with Crippen LogP contribution in [0.15, 0.2) is 23.3 Å². The van der Waals surface area contributed by atoms with Crippen molar-refractivity contribution in [1.82, 2.24) is 0 Å². The van der Waals surface area contributed by atoms with E-state index in [9.17, 15) is 5.11 Å². The van der Waals surface area contributed by atoms with Crippen molar-refractivity contribution < 1.29 is 5.11 Å². The monoisotopic (exact) mass is 178 g/mol. The SMILES string of the molecule is CC1C2=CC(C(C)(C)C)=CC1(O)C2. The van der Waals surface area contributed by atoms with Crippen molar-refractivity contribution in [2.24, 2.45) is 11.3 Å². The lowest BCUT2D eigenvalue weighted by Gasteiger charge is -2.49. The van der Waals surface area contributed by atoms with Crippen LogP contribution in [-0.4, -0.2) is 10.7 Å². The third-order valence-corrected chi connectivity index (χ3v) is 3.41. The van der Waals surface area contributed by atoms with E-state index in [0.29, 0.717) is 5.92 Å². The highest BCUT2D eigenvalue weighted by Crippen LogP contribution is 2.51. The van der Waals surface area contributed by atoms with Gasteiger partial charge in [-0.2, -0.15) is 0 Å². The molecule has 1 N–H and O–H groups in total. The van der Waals surface area contributed by atoms with E-state index in [0.717, 1.165) is 6.42 Å². The fourth-order valence-corrected chi connectivity index (χ4v) is 2.12. The Balaban J connectivity index is 2.35. The Morgan fingerprint density at radius 3 is 2.46 bits per heavy atom. The average molecular weight is 178 g/mol. The van der Waals surface area contributed by atoms with Crippen LogP contribution in [0.25, 0.3) is 0 Å². The molecule has 2 unspecified atom stereocenters. The molecule has 13 heavy (non-hydrogen) atoms. The first-order valence-electron chi connectivity index (χ1n) is 4.99. The molecular weight excluding hydrogens is 160 g/mol. The number of aliphatic hydroxyl groups is 1. The summed E-state index contributed by atoms with van der Waals surface area (Å²) in [6, 6.07) is 0. The molecule has 2 bridgehead atoms. The van der Waals surface area contributed by atoms with Crippen molar-refractivity contribution in [1.29, 1.82) is 0 Å². The summed E-state index contributed by atoms with van der Waals surface area (Å²) in [5.41, 5.74) is 2.34. The molecule has 3 rings (SSSR count). The zero-order valence-electron chi connectivity index (χ0n) is 8.89. The third kappa shape index (κ3) is 1.18. The highest BCUT2D eigenvalue weighted by atomic mass is 16.3. The Hall–Kier alpha value is -0.560. The minimum absolute atomic E-state index is 0.166. The molecule has 3 aliphatic carbocycles. The summed E-state index contributed by atoms with van der Waals surface area (Å²) >= 11 is 0. The number of allylic oxidation sites excluding steroid dienone is 2. The standard InChI is InChI=1S/C12H18O/c1-8-9-5-10(11(2,3)4)7-12(8,13)6-9/h5,7-8,13H,6H2,1-4H3. The van der Waals surface area contributed by atoms with E-state index in [4.69, 9.17) is 0 Å². The van der Waals surface area contributed by atoms with Crippen molar-refractivity contribution >= 4 is 0 Å². The molecule has 1 nitrogen and oxygen atoms in total. The first-order valence-corrected chi connectivity index (χ1v) is 4.99. The molecule has 0 heterocycles. The Labute approximate surface area is 80.2 Å². The molecule has 1 saturated carbocycles. The Kier molecular flexibility index (Phi) is 1.57. The molecule has 0 spiro atoms. The lowest BCUT2D eigenvalue weighted by atomic mass is 9.60. The number of hydrogen-bond donors (Lipinski definition) is 1. The molecule has 0 aromatic heterocycles. The second-order valence-electron chi connectivity index (χ2n) is 5.46. The van der Waals surface area contributed by atoms with Crippen LogP contribution < -0.4 is 0 Å². The summed E-state index contributed by atoms with van der Waals surface area (Å²) in [5.74, 6) is 0.346. The van der Waals surface area contributed by atoms with Crippen LogP contribution in [0.2, 0.25) is 0 Å². The lowest BCUT2D eigenvalue weighted by molar-refractivity contribution is -0.00220. The fraction of sp³-hybridized carbons (Fsp3) is 0.667. The number of fused-ring (bicyclic) bond motifs is 1. The first kappa shape index (κ1) is 9.01. The van der Waals surface area contributed by atoms with Crippen molar-refractivity contribution in [3.8, 4) is 0 Å². The van der Waals surface area contributed by atoms with Crippen LogP contribution in [0.3, 0.4) is 0 Å². The highest BCUT2D eigenvalue weighted by molar-refractivity contribution is 5.46. The van der Waals surface area contributed by atoms with Crippen molar-refractivity contribution in [2.45, 2.75) is 39.7 Å². The minimum atomic E-state index is -0.521. The maximum absolute atomic E-state index is 10.1. The molecule has 1 heteroatoms. The van der Waals surface area contributed by atoms with E-state index in [1.807, 2.05) is 0 Å². The first-order chi connectivity index (χ1) is 5.83. The minimum Gasteiger partial charge on any atom is -0.385 e. The lowest BCUT2D eigenvalue weighted by Crippen LogP contribution is -2.48. The Bertz CT molecular complexity index is 304. The van der Waals surface area contributed by atoms with Crippen molar-refractivity contribution in [2.75, 3.05) is 0 Å². The van der Waals surface area contributed by atoms with Crippen LogP contribution in [0, 0.1) is 11.3 Å². The largest absolute Gasteiger partial charge is 0.385 e. The van der Waals surface area contributed by atoms with Gasteiger partial charge in [-0.25, -0.2) is 0 Å². The summed E-state index contributed by atoms with van der Waals surface area (Å²) in [6.45, 7) is 8.67. The van der Waals surface area contributed by atoms with Gasteiger partial charge < -0.3 is 5.11 Å². The molecule has 0 saturated heterocycles. The predicted octanol–water partition coefficient (Wildman–Crippen LogP) is 2.67. The summed E-state index contributed by atoms with van der Waals surface area (Å²) in [5, 5.41) is 10.1. The molecule has 72 valence electrons. The topological polar surface area (TPSA) is 20.2 Å². The fourth-order valence-electron chi connectivity index (χ4n) is 2.12. The van der Waals surface area contributed by atoms with Crippen LogP contribution >= 0.6 is 0 Å². The van der Waals surface area contributed by atoms with Crippen LogP contribution in [0.4, 0.5) is 0 Å². The zero-order valence-corrected chi connectivity index (χ0v) is 8.89. The van der Waals surface area contributed by atoms with Crippen LogP contribution in [-0.2, 0) is 0 Å². The number of rotatable bonds is 0. The maximum atomic E-state index is 10.1. The zero-order chi connectivity index (χ0) is 9.85. The quantitative estimate of drug-likeness (QED) is 0.604. The van der Waals surface area contributed by atoms with E-state index in [1.54, 1.807) is 0 Å². The summed E-state index contributed by atoms with van der Waals surface area (Å²) in [7, 11) is 0. The van der Waals surface area contributed by atoms with Crippen LogP contribution in [0.5, 0.6) is 0 Å². The third-order valence-electron chi connectivity index (χ3n) is 3.41. The summed E-state index contributed by atoms with van der Waals surface area (Å²) < 4.78 is 0. The van der Waals surface area contributed by atoms with Crippen LogP contribution in [0.1, 0.15) is 34.1 Å². The molecule has 3 aliphatic rings. The molecule has 0 aromatic carbocycles. The molecule has 2 atom stereocenters. The van der Waals surface area contributed by atoms with Gasteiger partial charge in [-0.15, -0.1) is 0 Å². The van der Waals surface area contributed by atoms with Crippen molar-refractivity contribution in [3.63, 3.8) is 0 Å². The van der Waals surface area contributed by atoms with E-state index < -0.39 is 5.60 Å². The van der Waals surface area contributed by atoms with Gasteiger partial charge in [-0.1, -0.05) is 39.3 Å². The average Bonchev–Trinajstić information content (AvgIpc) is 2.01. The molecule has 0 radical (unpaired) electrons. The van der Waals surface area contributed by atoms with E-state index in [1.165, 1.54) is 11.1 Å². The van der Waals surface area contributed by atoms with E-state index >= 15 is 0 Å². The van der Waals surface area contributed by atoms with Gasteiger partial charge in [0.2, 0.25) is 0 Å². The van der Waals surface area contributed by atoms with Gasteiger partial charge >= 0.3 is 0 Å². The van der Waals surface area contributed by atoms with E-state index in [-0.39, 0.29) is 5.41 Å². The molecule has 0 aliphatic heterocycles. The maximum Gasteiger partial charge on any atom is 0.0933 e. The molecule has 0 aromatic rings. The van der Waals surface area contributed by atoms with Gasteiger partial charge in [-0.3, -0.25) is 0 Å². The Morgan fingerprint density at radius 1 is 1.46 bits per heavy atom. The van der Waals surface area contributed by atoms with Gasteiger partial charge in [0.15, 0.2) is 0 Å². The van der Waals surface area contributed by atoms with Gasteiger partial charge in [-0.05, 0) is 17.1 Å². The predicted molar refractivity (Wildman–Crippen MR) is 54.4 cm³/mol.